The molecule has 0 saturated carbocycles. The number of carbonyl (C=O) groups is 1. The molecule has 0 radical (unpaired) electrons. The molecule has 1 amide bonds. The van der Waals surface area contributed by atoms with Gasteiger partial charge in [-0.15, -0.1) is 16.4 Å². The monoisotopic (exact) mass is 405 g/mol. The third-order valence-electron chi connectivity index (χ3n) is 4.46. The van der Waals surface area contributed by atoms with Crippen molar-refractivity contribution in [3.05, 3.63) is 99.9 Å². The Balaban J connectivity index is 1.46. The minimum atomic E-state index is -0.566. The van der Waals surface area contributed by atoms with Gasteiger partial charge in [-0.3, -0.25) is 4.79 Å². The van der Waals surface area contributed by atoms with Crippen molar-refractivity contribution in [2.75, 3.05) is 0 Å². The van der Waals surface area contributed by atoms with Crippen LogP contribution in [0.4, 0.5) is 0 Å². The first-order chi connectivity index (χ1) is 14.2. The molecule has 146 valence electrons. The zero-order valence-corrected chi connectivity index (χ0v) is 16.3. The van der Waals surface area contributed by atoms with Crippen molar-refractivity contribution in [3.8, 4) is 10.8 Å². The topological polar surface area (TPSA) is 77.1 Å². The Kier molecular flexibility index (Phi) is 5.67. The third kappa shape index (κ3) is 4.52. The number of nitrogens with zero attached hydrogens (tertiary/aromatic N) is 2. The fourth-order valence-corrected chi connectivity index (χ4v) is 3.68. The molecule has 0 atom stereocenters. The molecule has 0 bridgehead atoms. The van der Waals surface area contributed by atoms with E-state index in [1.54, 1.807) is 0 Å². The van der Waals surface area contributed by atoms with Crippen LogP contribution in [0, 0.1) is 0 Å². The van der Waals surface area contributed by atoms with E-state index in [9.17, 15) is 9.59 Å². The molecule has 6 nitrogen and oxygen atoms in total. The molecule has 1 N–H and O–H groups in total. The summed E-state index contributed by atoms with van der Waals surface area (Å²) in [7, 11) is 0. The number of aromatic nitrogens is 2. The highest BCUT2D eigenvalue weighted by Gasteiger charge is 2.17. The van der Waals surface area contributed by atoms with E-state index in [1.165, 1.54) is 16.0 Å². The predicted octanol–water partition coefficient (Wildman–Crippen LogP) is 3.86. The van der Waals surface area contributed by atoms with Crippen LogP contribution < -0.4 is 11.1 Å². The molecule has 2 aromatic carbocycles. The van der Waals surface area contributed by atoms with E-state index in [2.05, 4.69) is 10.4 Å². The molecule has 4 rings (SSSR count). The van der Waals surface area contributed by atoms with Crippen LogP contribution in [0.5, 0.6) is 0 Å². The Morgan fingerprint density at radius 1 is 1.00 bits per heavy atom. The van der Waals surface area contributed by atoms with Crippen LogP contribution in [0.15, 0.2) is 87.4 Å². The molecule has 0 aliphatic rings. The van der Waals surface area contributed by atoms with Crippen molar-refractivity contribution in [2.45, 2.75) is 19.0 Å². The molecule has 4 aromatic rings. The van der Waals surface area contributed by atoms with Gasteiger partial charge in [-0.2, -0.15) is 4.68 Å². The van der Waals surface area contributed by atoms with Crippen LogP contribution in [0.1, 0.15) is 23.6 Å². The summed E-state index contributed by atoms with van der Waals surface area (Å²) in [6, 6.07) is 23.0. The molecular formula is C22H19N3O3S. The van der Waals surface area contributed by atoms with Crippen molar-refractivity contribution in [2.24, 2.45) is 0 Å². The number of amides is 1. The van der Waals surface area contributed by atoms with Gasteiger partial charge in [0.2, 0.25) is 5.91 Å². The molecule has 0 fully saturated rings. The third-order valence-corrected chi connectivity index (χ3v) is 5.32. The molecule has 2 aromatic heterocycles. The number of carbonyl (C=O) groups excluding carboxylic acids is 1. The lowest BCUT2D eigenvalue weighted by Crippen LogP contribution is -2.31. The maximum absolute atomic E-state index is 12.6. The molecule has 0 aliphatic carbocycles. The Hall–Kier alpha value is -3.45. The average molecular weight is 405 g/mol. The van der Waals surface area contributed by atoms with Crippen LogP contribution >= 0.6 is 11.3 Å². The lowest BCUT2D eigenvalue weighted by Gasteiger charge is -2.20. The van der Waals surface area contributed by atoms with Crippen LogP contribution in [-0.2, 0) is 11.3 Å². The Morgan fingerprint density at radius 3 is 2.24 bits per heavy atom. The summed E-state index contributed by atoms with van der Waals surface area (Å²) in [5, 5.41) is 9.13. The van der Waals surface area contributed by atoms with Gasteiger partial charge in [0.05, 0.1) is 17.5 Å². The van der Waals surface area contributed by atoms with Gasteiger partial charge in [0.1, 0.15) is 0 Å². The number of benzene rings is 2. The van der Waals surface area contributed by atoms with E-state index in [0.717, 1.165) is 16.0 Å². The summed E-state index contributed by atoms with van der Waals surface area (Å²) in [5.74, 6) is -0.462. The van der Waals surface area contributed by atoms with E-state index in [1.807, 2.05) is 78.2 Å². The summed E-state index contributed by atoms with van der Waals surface area (Å²) < 4.78 is 6.38. The maximum atomic E-state index is 12.6. The summed E-state index contributed by atoms with van der Waals surface area (Å²) in [5.41, 5.74) is 1.98. The molecule has 0 spiro atoms. The minimum Gasteiger partial charge on any atom is -0.387 e. The number of thiophene rings is 1. The summed E-state index contributed by atoms with van der Waals surface area (Å²) in [6.45, 7) is 0.149. The number of nitrogens with one attached hydrogen (secondary N) is 1. The molecule has 7 heteroatoms. The summed E-state index contributed by atoms with van der Waals surface area (Å²) in [6.07, 6.45) is 0.118. The van der Waals surface area contributed by atoms with Gasteiger partial charge in [0.15, 0.2) is 0 Å². The Labute approximate surface area is 171 Å². The van der Waals surface area contributed by atoms with Crippen molar-refractivity contribution < 1.29 is 9.21 Å². The zero-order chi connectivity index (χ0) is 20.1. The number of hydrogen-bond donors (Lipinski definition) is 1. The lowest BCUT2D eigenvalue weighted by atomic mass is 9.98. The largest absolute Gasteiger partial charge is 0.437 e. The number of hydrogen-bond acceptors (Lipinski definition) is 5. The average Bonchev–Trinajstić information content (AvgIpc) is 3.42. The van der Waals surface area contributed by atoms with Gasteiger partial charge in [-0.1, -0.05) is 66.7 Å². The van der Waals surface area contributed by atoms with Gasteiger partial charge >= 0.3 is 5.76 Å². The van der Waals surface area contributed by atoms with E-state index in [0.29, 0.717) is 0 Å². The second-order valence-corrected chi connectivity index (χ2v) is 7.39. The van der Waals surface area contributed by atoms with Crippen LogP contribution in [0.3, 0.4) is 0 Å². The number of rotatable bonds is 7. The summed E-state index contributed by atoms with van der Waals surface area (Å²) >= 11 is 1.44. The second kappa shape index (κ2) is 8.70. The smallest absolute Gasteiger partial charge is 0.387 e. The first kappa shape index (κ1) is 18.9. The van der Waals surface area contributed by atoms with Crippen LogP contribution in [0.2, 0.25) is 0 Å². The predicted molar refractivity (Wildman–Crippen MR) is 112 cm³/mol. The fourth-order valence-electron chi connectivity index (χ4n) is 3.04. The van der Waals surface area contributed by atoms with Crippen molar-refractivity contribution in [1.82, 2.24) is 15.1 Å². The molecule has 29 heavy (non-hydrogen) atoms. The molecule has 0 unspecified atom stereocenters. The zero-order valence-electron chi connectivity index (χ0n) is 15.5. The molecule has 0 saturated heterocycles. The van der Waals surface area contributed by atoms with Crippen molar-refractivity contribution in [3.63, 3.8) is 0 Å². The van der Waals surface area contributed by atoms with E-state index >= 15 is 0 Å². The fraction of sp³-hybridized carbons (Fsp3) is 0.136. The Morgan fingerprint density at radius 2 is 1.66 bits per heavy atom. The van der Waals surface area contributed by atoms with E-state index in [4.69, 9.17) is 4.42 Å². The Bertz CT molecular complexity index is 1080. The second-order valence-electron chi connectivity index (χ2n) is 6.45. The molecule has 2 heterocycles. The molecular weight excluding hydrogens is 386 g/mol. The van der Waals surface area contributed by atoms with Crippen molar-refractivity contribution in [1.29, 1.82) is 0 Å². The molecule has 0 aliphatic heterocycles. The van der Waals surface area contributed by atoms with Gasteiger partial charge in [0, 0.05) is 6.42 Å². The highest BCUT2D eigenvalue weighted by Crippen LogP contribution is 2.22. The van der Waals surface area contributed by atoms with E-state index < -0.39 is 5.76 Å². The minimum absolute atomic E-state index is 0.118. The maximum Gasteiger partial charge on any atom is 0.437 e. The quantitative estimate of drug-likeness (QED) is 0.506. The highest BCUT2D eigenvalue weighted by molar-refractivity contribution is 7.13. The standard InChI is InChI=1S/C22H19N3O3S/c26-19(13-14-25-22(27)28-21(24-25)18-12-7-15-29-18)23-20(16-8-3-1-4-9-16)17-10-5-2-6-11-17/h1-12,15,20H,13-14H2,(H,23,26). The van der Waals surface area contributed by atoms with Gasteiger partial charge in [-0.25, -0.2) is 4.79 Å². The van der Waals surface area contributed by atoms with E-state index in [-0.39, 0.29) is 30.8 Å². The number of aryl methyl sites for hydroxylation is 1. The van der Waals surface area contributed by atoms with Gasteiger partial charge in [0.25, 0.3) is 5.89 Å². The van der Waals surface area contributed by atoms with Gasteiger partial charge < -0.3 is 9.73 Å². The van der Waals surface area contributed by atoms with Crippen LogP contribution in [-0.4, -0.2) is 15.7 Å². The first-order valence-electron chi connectivity index (χ1n) is 9.22. The highest BCUT2D eigenvalue weighted by atomic mass is 32.1. The first-order valence-corrected chi connectivity index (χ1v) is 10.1. The van der Waals surface area contributed by atoms with Crippen molar-refractivity contribution >= 4 is 17.2 Å². The SMILES string of the molecule is O=C(CCn1nc(-c2cccs2)oc1=O)NC(c1ccccc1)c1ccccc1. The normalized spacial score (nSPS) is 10.9. The summed E-state index contributed by atoms with van der Waals surface area (Å²) in [4.78, 5) is 25.4. The van der Waals surface area contributed by atoms with Crippen LogP contribution in [0.25, 0.3) is 10.8 Å². The lowest BCUT2D eigenvalue weighted by molar-refractivity contribution is -0.121. The van der Waals surface area contributed by atoms with Gasteiger partial charge in [-0.05, 0) is 22.6 Å².